The first-order valence-corrected chi connectivity index (χ1v) is 4.84. The number of ether oxygens (including phenoxy) is 3. The minimum atomic E-state index is -0.393. The van der Waals surface area contributed by atoms with Crippen molar-refractivity contribution in [2.75, 3.05) is 13.4 Å². The minimum absolute atomic E-state index is 0.209. The number of rotatable bonds is 2. The van der Waals surface area contributed by atoms with Crippen molar-refractivity contribution in [1.82, 2.24) is 0 Å². The Bertz CT molecular complexity index is 352. The average molecular weight is 208 g/mol. The third kappa shape index (κ3) is 2.03. The molecule has 2 rings (SSSR count). The molecular weight excluding hydrogens is 196 g/mol. The van der Waals surface area contributed by atoms with E-state index in [2.05, 4.69) is 0 Å². The van der Waals surface area contributed by atoms with E-state index < -0.39 is 5.92 Å². The minimum Gasteiger partial charge on any atom is -0.465 e. The molecular formula is C11H12O4. The van der Waals surface area contributed by atoms with Crippen LogP contribution in [-0.4, -0.2) is 19.4 Å². The molecule has 0 aromatic rings. The van der Waals surface area contributed by atoms with Gasteiger partial charge in [-0.3, -0.25) is 4.79 Å². The molecule has 1 aliphatic heterocycles. The van der Waals surface area contributed by atoms with E-state index >= 15 is 0 Å². The second-order valence-corrected chi connectivity index (χ2v) is 3.13. The number of carbonyl (C=O) groups is 1. The van der Waals surface area contributed by atoms with Crippen molar-refractivity contribution in [2.45, 2.75) is 6.92 Å². The normalized spacial score (nSPS) is 22.9. The zero-order valence-corrected chi connectivity index (χ0v) is 8.43. The number of fused-ring (bicyclic) bond motifs is 1. The summed E-state index contributed by atoms with van der Waals surface area (Å²) in [6.07, 6.45) is 7.01. The van der Waals surface area contributed by atoms with Crippen molar-refractivity contribution < 1.29 is 19.0 Å². The predicted molar refractivity (Wildman–Crippen MR) is 52.5 cm³/mol. The molecule has 4 heteroatoms. The highest BCUT2D eigenvalue weighted by Crippen LogP contribution is 2.25. The van der Waals surface area contributed by atoms with Crippen LogP contribution in [-0.2, 0) is 19.0 Å². The molecule has 1 unspecified atom stereocenters. The van der Waals surface area contributed by atoms with E-state index in [-0.39, 0.29) is 12.8 Å². The summed E-state index contributed by atoms with van der Waals surface area (Å²) in [5.41, 5.74) is 0. The predicted octanol–water partition coefficient (Wildman–Crippen LogP) is 1.51. The van der Waals surface area contributed by atoms with Crippen LogP contribution in [0.3, 0.4) is 0 Å². The second kappa shape index (κ2) is 4.21. The van der Waals surface area contributed by atoms with Gasteiger partial charge in [0.25, 0.3) is 0 Å². The molecule has 1 atom stereocenters. The van der Waals surface area contributed by atoms with Gasteiger partial charge in [0.2, 0.25) is 6.79 Å². The standard InChI is InChI=1S/C11H12O4/c1-2-13-11(12)8-4-3-5-9-10(6-8)15-7-14-9/h3-6,8H,2,7H2,1H3. The molecule has 1 aliphatic carbocycles. The Labute approximate surface area is 87.8 Å². The Morgan fingerprint density at radius 2 is 2.33 bits per heavy atom. The van der Waals surface area contributed by atoms with E-state index in [0.29, 0.717) is 18.1 Å². The van der Waals surface area contributed by atoms with E-state index in [4.69, 9.17) is 14.2 Å². The first-order valence-electron chi connectivity index (χ1n) is 4.84. The highest BCUT2D eigenvalue weighted by atomic mass is 16.7. The van der Waals surface area contributed by atoms with Gasteiger partial charge < -0.3 is 14.2 Å². The lowest BCUT2D eigenvalue weighted by Gasteiger charge is -2.06. The Hall–Kier alpha value is -1.71. The third-order valence-corrected chi connectivity index (χ3v) is 2.13. The molecule has 0 spiro atoms. The van der Waals surface area contributed by atoms with E-state index in [1.165, 1.54) is 0 Å². The van der Waals surface area contributed by atoms with Gasteiger partial charge in [0.05, 0.1) is 12.5 Å². The summed E-state index contributed by atoms with van der Waals surface area (Å²) in [6, 6.07) is 0. The topological polar surface area (TPSA) is 44.8 Å². The monoisotopic (exact) mass is 208 g/mol. The van der Waals surface area contributed by atoms with Crippen molar-refractivity contribution in [1.29, 1.82) is 0 Å². The zero-order valence-electron chi connectivity index (χ0n) is 8.43. The molecule has 0 bridgehead atoms. The van der Waals surface area contributed by atoms with Gasteiger partial charge in [0.1, 0.15) is 0 Å². The maximum Gasteiger partial charge on any atom is 0.316 e. The van der Waals surface area contributed by atoms with Gasteiger partial charge in [-0.05, 0) is 19.1 Å². The molecule has 4 nitrogen and oxygen atoms in total. The van der Waals surface area contributed by atoms with Gasteiger partial charge in [-0.2, -0.15) is 0 Å². The zero-order chi connectivity index (χ0) is 10.7. The summed E-state index contributed by atoms with van der Waals surface area (Å²) >= 11 is 0. The van der Waals surface area contributed by atoms with Crippen LogP contribution in [0.4, 0.5) is 0 Å². The quantitative estimate of drug-likeness (QED) is 0.645. The molecule has 0 radical (unpaired) electrons. The smallest absolute Gasteiger partial charge is 0.316 e. The summed E-state index contributed by atoms with van der Waals surface area (Å²) in [7, 11) is 0. The molecule has 0 aromatic carbocycles. The van der Waals surface area contributed by atoms with Gasteiger partial charge in [0, 0.05) is 0 Å². The molecule has 0 N–H and O–H groups in total. The van der Waals surface area contributed by atoms with E-state index in [0.717, 1.165) is 0 Å². The van der Waals surface area contributed by atoms with Crippen LogP contribution in [0.1, 0.15) is 6.92 Å². The lowest BCUT2D eigenvalue weighted by atomic mass is 10.1. The highest BCUT2D eigenvalue weighted by Gasteiger charge is 2.23. The van der Waals surface area contributed by atoms with Crippen LogP contribution in [0.2, 0.25) is 0 Å². The molecule has 0 amide bonds. The Balaban J connectivity index is 2.16. The lowest BCUT2D eigenvalue weighted by molar-refractivity contribution is -0.144. The van der Waals surface area contributed by atoms with Gasteiger partial charge >= 0.3 is 5.97 Å². The van der Waals surface area contributed by atoms with Crippen LogP contribution in [0.25, 0.3) is 0 Å². The van der Waals surface area contributed by atoms with E-state index in [1.807, 2.05) is 0 Å². The van der Waals surface area contributed by atoms with E-state index in [1.54, 1.807) is 31.2 Å². The number of hydrogen-bond donors (Lipinski definition) is 0. The number of hydrogen-bond acceptors (Lipinski definition) is 4. The summed E-state index contributed by atoms with van der Waals surface area (Å²) < 4.78 is 15.3. The molecule has 2 aliphatic rings. The summed E-state index contributed by atoms with van der Waals surface area (Å²) in [4.78, 5) is 11.5. The van der Waals surface area contributed by atoms with Crippen molar-refractivity contribution in [3.63, 3.8) is 0 Å². The van der Waals surface area contributed by atoms with Gasteiger partial charge in [0.15, 0.2) is 11.5 Å². The second-order valence-electron chi connectivity index (χ2n) is 3.13. The van der Waals surface area contributed by atoms with Gasteiger partial charge in [-0.25, -0.2) is 0 Å². The van der Waals surface area contributed by atoms with Crippen LogP contribution in [0.15, 0.2) is 35.8 Å². The molecule has 15 heavy (non-hydrogen) atoms. The molecule has 1 fully saturated rings. The van der Waals surface area contributed by atoms with Crippen LogP contribution < -0.4 is 0 Å². The van der Waals surface area contributed by atoms with Gasteiger partial charge in [-0.1, -0.05) is 12.2 Å². The van der Waals surface area contributed by atoms with Crippen molar-refractivity contribution >= 4 is 5.97 Å². The number of carbonyl (C=O) groups excluding carboxylic acids is 1. The Kier molecular flexibility index (Phi) is 2.76. The third-order valence-electron chi connectivity index (χ3n) is 2.13. The average Bonchev–Trinajstić information content (AvgIpc) is 2.56. The first-order chi connectivity index (χ1) is 7.31. The van der Waals surface area contributed by atoms with Crippen molar-refractivity contribution in [3.8, 4) is 0 Å². The molecule has 0 aromatic heterocycles. The lowest BCUT2D eigenvalue weighted by Crippen LogP contribution is -2.14. The molecule has 1 heterocycles. The fourth-order valence-electron chi connectivity index (χ4n) is 1.43. The maximum absolute atomic E-state index is 11.5. The molecule has 1 saturated heterocycles. The highest BCUT2D eigenvalue weighted by molar-refractivity contribution is 5.77. The first kappa shape index (κ1) is 9.83. The fourth-order valence-corrected chi connectivity index (χ4v) is 1.43. The Morgan fingerprint density at radius 1 is 1.53 bits per heavy atom. The number of esters is 1. The fraction of sp³-hybridized carbons (Fsp3) is 0.364. The number of allylic oxidation sites excluding steroid dienone is 2. The largest absolute Gasteiger partial charge is 0.465 e. The molecule has 80 valence electrons. The van der Waals surface area contributed by atoms with Crippen LogP contribution in [0.5, 0.6) is 0 Å². The van der Waals surface area contributed by atoms with Crippen molar-refractivity contribution in [3.05, 3.63) is 35.8 Å². The van der Waals surface area contributed by atoms with Crippen LogP contribution >= 0.6 is 0 Å². The van der Waals surface area contributed by atoms with Crippen molar-refractivity contribution in [2.24, 2.45) is 5.92 Å². The molecule has 0 saturated carbocycles. The summed E-state index contributed by atoms with van der Waals surface area (Å²) in [5.74, 6) is 0.609. The maximum atomic E-state index is 11.5. The summed E-state index contributed by atoms with van der Waals surface area (Å²) in [5, 5.41) is 0. The van der Waals surface area contributed by atoms with Crippen LogP contribution in [0, 0.1) is 5.92 Å². The summed E-state index contributed by atoms with van der Waals surface area (Å²) in [6.45, 7) is 2.37. The SMILES string of the molecule is CCOC(=O)C1C=CC=C2OCOC2=C1. The van der Waals surface area contributed by atoms with E-state index in [9.17, 15) is 4.79 Å². The van der Waals surface area contributed by atoms with Gasteiger partial charge in [-0.15, -0.1) is 0 Å². The Morgan fingerprint density at radius 3 is 3.13 bits per heavy atom.